The Hall–Kier alpha value is -1.61. The van der Waals surface area contributed by atoms with Gasteiger partial charge < -0.3 is 16.0 Å². The van der Waals surface area contributed by atoms with E-state index in [4.69, 9.17) is 0 Å². The number of hydrogen-bond donors (Lipinski definition) is 3. The van der Waals surface area contributed by atoms with E-state index in [1.54, 1.807) is 0 Å². The molecule has 136 valence electrons. The van der Waals surface area contributed by atoms with Gasteiger partial charge >= 0.3 is 6.18 Å². The maximum absolute atomic E-state index is 12.5. The van der Waals surface area contributed by atoms with E-state index in [2.05, 4.69) is 25.9 Å². The Morgan fingerprint density at radius 1 is 1.42 bits per heavy atom. The van der Waals surface area contributed by atoms with Crippen LogP contribution in [-0.4, -0.2) is 41.6 Å². The second kappa shape index (κ2) is 9.03. The quantitative estimate of drug-likeness (QED) is 0.692. The summed E-state index contributed by atoms with van der Waals surface area (Å²) >= 11 is 0. The number of anilines is 1. The van der Waals surface area contributed by atoms with Crippen LogP contribution in [0.15, 0.2) is 12.3 Å². The molecule has 1 aliphatic heterocycles. The molecule has 1 saturated heterocycles. The number of rotatable bonds is 5. The minimum absolute atomic E-state index is 0. The molecule has 1 aromatic rings. The number of nitrogens with zero attached hydrogens (tertiary/aromatic N) is 2. The minimum atomic E-state index is -4.50. The monoisotopic (exact) mass is 367 g/mol. The third kappa shape index (κ3) is 6.12. The molecule has 2 heterocycles. The van der Waals surface area contributed by atoms with Gasteiger partial charge in [-0.05, 0) is 32.4 Å². The molecule has 24 heavy (non-hydrogen) atoms. The Labute approximate surface area is 144 Å². The molecule has 0 bridgehead atoms. The number of hydrogen-bond acceptors (Lipinski definition) is 5. The maximum atomic E-state index is 12.5. The summed E-state index contributed by atoms with van der Waals surface area (Å²) in [4.78, 5) is 19.1. The van der Waals surface area contributed by atoms with Crippen molar-refractivity contribution in [3.8, 4) is 0 Å². The van der Waals surface area contributed by atoms with Crippen molar-refractivity contribution in [2.24, 2.45) is 5.92 Å². The van der Waals surface area contributed by atoms with E-state index in [1.165, 1.54) is 0 Å². The van der Waals surface area contributed by atoms with Crippen LogP contribution in [0.1, 0.15) is 25.5 Å². The Morgan fingerprint density at radius 2 is 2.17 bits per heavy atom. The van der Waals surface area contributed by atoms with Gasteiger partial charge in [0.25, 0.3) is 0 Å². The molecule has 10 heteroatoms. The predicted molar refractivity (Wildman–Crippen MR) is 86.0 cm³/mol. The summed E-state index contributed by atoms with van der Waals surface area (Å²) in [6, 6.07) is 1.13. The summed E-state index contributed by atoms with van der Waals surface area (Å²) in [5, 5.41) is 8.73. The van der Waals surface area contributed by atoms with Gasteiger partial charge in [0, 0.05) is 31.2 Å². The van der Waals surface area contributed by atoms with Gasteiger partial charge in [-0.2, -0.15) is 13.2 Å². The lowest BCUT2D eigenvalue weighted by molar-refractivity contribution is -0.141. The molecule has 0 radical (unpaired) electrons. The van der Waals surface area contributed by atoms with Crippen LogP contribution in [0, 0.1) is 5.92 Å². The van der Waals surface area contributed by atoms with Crippen molar-refractivity contribution < 1.29 is 18.0 Å². The van der Waals surface area contributed by atoms with Crippen LogP contribution >= 0.6 is 12.4 Å². The summed E-state index contributed by atoms with van der Waals surface area (Å²) in [6.07, 6.45) is -1.87. The Kier molecular flexibility index (Phi) is 7.68. The smallest absolute Gasteiger partial charge is 0.354 e. The Balaban J connectivity index is 0.00000288. The number of carbonyl (C=O) groups is 1. The average molecular weight is 368 g/mol. The highest BCUT2D eigenvalue weighted by molar-refractivity contribution is 5.85. The van der Waals surface area contributed by atoms with Gasteiger partial charge in [-0.15, -0.1) is 12.4 Å². The Morgan fingerprint density at radius 3 is 2.83 bits per heavy atom. The van der Waals surface area contributed by atoms with E-state index >= 15 is 0 Å². The summed E-state index contributed by atoms with van der Waals surface area (Å²) < 4.78 is 37.6. The van der Waals surface area contributed by atoms with Crippen molar-refractivity contribution in [2.45, 2.75) is 32.0 Å². The number of piperidine rings is 1. The third-order valence-corrected chi connectivity index (χ3v) is 3.65. The zero-order valence-corrected chi connectivity index (χ0v) is 14.0. The van der Waals surface area contributed by atoms with Crippen molar-refractivity contribution in [1.29, 1.82) is 0 Å². The molecule has 6 nitrogen and oxygen atoms in total. The van der Waals surface area contributed by atoms with Crippen molar-refractivity contribution in [3.63, 3.8) is 0 Å². The lowest BCUT2D eigenvalue weighted by Gasteiger charge is -2.27. The first-order valence-electron chi connectivity index (χ1n) is 7.51. The standard InChI is InChI=1S/C14H20F3N5O.ClH/c1-9-8-10(2-4-18-9)12(23)19-6-7-21-13-20-5-3-11(22-13)14(15,16)17;/h3,5,9-10,18H,2,4,6-8H2,1H3,(H,19,23)(H,20,21,22);1H/t9-,10-;/m0./s1. The number of halogens is 4. The topological polar surface area (TPSA) is 78.9 Å². The molecular weight excluding hydrogens is 347 g/mol. The third-order valence-electron chi connectivity index (χ3n) is 3.65. The molecule has 0 aromatic carbocycles. The summed E-state index contributed by atoms with van der Waals surface area (Å²) in [5.74, 6) is -0.147. The molecule has 3 N–H and O–H groups in total. The minimum Gasteiger partial charge on any atom is -0.354 e. The number of carbonyl (C=O) groups excluding carboxylic acids is 1. The molecule has 1 aromatic heterocycles. The van der Waals surface area contributed by atoms with E-state index in [1.807, 2.05) is 6.92 Å². The van der Waals surface area contributed by atoms with Crippen LogP contribution in [-0.2, 0) is 11.0 Å². The van der Waals surface area contributed by atoms with E-state index in [0.717, 1.165) is 31.6 Å². The van der Waals surface area contributed by atoms with Crippen LogP contribution in [0.5, 0.6) is 0 Å². The van der Waals surface area contributed by atoms with Crippen LogP contribution in [0.25, 0.3) is 0 Å². The molecule has 0 spiro atoms. The molecule has 0 aliphatic carbocycles. The predicted octanol–water partition coefficient (Wildman–Crippen LogP) is 1.83. The van der Waals surface area contributed by atoms with E-state index < -0.39 is 11.9 Å². The molecule has 0 saturated carbocycles. The van der Waals surface area contributed by atoms with E-state index in [-0.39, 0.29) is 36.7 Å². The fourth-order valence-corrected chi connectivity index (χ4v) is 2.48. The van der Waals surface area contributed by atoms with Gasteiger partial charge in [0.2, 0.25) is 11.9 Å². The van der Waals surface area contributed by atoms with E-state index in [9.17, 15) is 18.0 Å². The van der Waals surface area contributed by atoms with Gasteiger partial charge in [0.15, 0.2) is 0 Å². The fourth-order valence-electron chi connectivity index (χ4n) is 2.48. The lowest BCUT2D eigenvalue weighted by atomic mass is 9.92. The molecular formula is C14H21ClF3N5O. The highest BCUT2D eigenvalue weighted by Gasteiger charge is 2.32. The van der Waals surface area contributed by atoms with Crippen LogP contribution in [0.2, 0.25) is 0 Å². The first-order chi connectivity index (χ1) is 10.9. The SMILES string of the molecule is C[C@H]1C[C@@H](C(=O)NCCNc2nccc(C(F)(F)F)n2)CCN1.Cl. The van der Waals surface area contributed by atoms with Gasteiger partial charge in [0.1, 0.15) is 5.69 Å². The van der Waals surface area contributed by atoms with Gasteiger partial charge in [0.05, 0.1) is 0 Å². The number of aromatic nitrogens is 2. The first kappa shape index (κ1) is 20.4. The fraction of sp³-hybridized carbons (Fsp3) is 0.643. The molecule has 1 fully saturated rings. The maximum Gasteiger partial charge on any atom is 0.433 e. The van der Waals surface area contributed by atoms with E-state index in [0.29, 0.717) is 12.6 Å². The largest absolute Gasteiger partial charge is 0.433 e. The number of nitrogens with one attached hydrogen (secondary N) is 3. The van der Waals surface area contributed by atoms with Gasteiger partial charge in [-0.1, -0.05) is 0 Å². The average Bonchev–Trinajstić information content (AvgIpc) is 2.51. The Bertz CT molecular complexity index is 543. The summed E-state index contributed by atoms with van der Waals surface area (Å²) in [5.41, 5.74) is -0.997. The van der Waals surface area contributed by atoms with Gasteiger partial charge in [-0.3, -0.25) is 4.79 Å². The molecule has 2 rings (SSSR count). The summed E-state index contributed by atoms with van der Waals surface area (Å²) in [6.45, 7) is 3.41. The normalized spacial score (nSPS) is 20.8. The number of alkyl halides is 3. The molecule has 1 amide bonds. The molecule has 2 atom stereocenters. The van der Waals surface area contributed by atoms with Crippen LogP contribution in [0.3, 0.4) is 0 Å². The molecule has 1 aliphatic rings. The van der Waals surface area contributed by atoms with Crippen molar-refractivity contribution in [1.82, 2.24) is 20.6 Å². The van der Waals surface area contributed by atoms with Crippen molar-refractivity contribution in [3.05, 3.63) is 18.0 Å². The lowest BCUT2D eigenvalue weighted by Crippen LogP contribution is -2.43. The zero-order chi connectivity index (χ0) is 16.9. The van der Waals surface area contributed by atoms with Gasteiger partial charge in [-0.25, -0.2) is 9.97 Å². The van der Waals surface area contributed by atoms with Crippen molar-refractivity contribution >= 4 is 24.3 Å². The summed E-state index contributed by atoms with van der Waals surface area (Å²) in [7, 11) is 0. The highest BCUT2D eigenvalue weighted by atomic mass is 35.5. The number of amides is 1. The second-order valence-corrected chi connectivity index (χ2v) is 5.56. The van der Waals surface area contributed by atoms with Crippen molar-refractivity contribution in [2.75, 3.05) is 25.0 Å². The molecule has 0 unspecified atom stereocenters. The van der Waals surface area contributed by atoms with Crippen LogP contribution in [0.4, 0.5) is 19.1 Å². The first-order valence-corrected chi connectivity index (χ1v) is 7.51. The highest BCUT2D eigenvalue weighted by Crippen LogP contribution is 2.27. The van der Waals surface area contributed by atoms with Crippen LogP contribution < -0.4 is 16.0 Å². The second-order valence-electron chi connectivity index (χ2n) is 5.56. The zero-order valence-electron chi connectivity index (χ0n) is 13.2.